The molecule has 1 aliphatic heterocycles. The molecule has 1 saturated heterocycles. The third-order valence-electron chi connectivity index (χ3n) is 3.08. The van der Waals surface area contributed by atoms with Crippen molar-refractivity contribution in [1.82, 2.24) is 20.3 Å². The predicted octanol–water partition coefficient (Wildman–Crippen LogP) is -0.0991. The highest BCUT2D eigenvalue weighted by Crippen LogP contribution is 2.32. The summed E-state index contributed by atoms with van der Waals surface area (Å²) in [5, 5.41) is 28.0. The Hall–Kier alpha value is -2.12. The first-order valence-corrected chi connectivity index (χ1v) is 5.14. The number of nitrogens with one attached hydrogen (secondary N) is 1. The second-order valence-electron chi connectivity index (χ2n) is 4.05. The molecule has 17 heavy (non-hydrogen) atoms. The number of piperidine rings is 1. The summed E-state index contributed by atoms with van der Waals surface area (Å²) in [5.41, 5.74) is -1.01. The van der Waals surface area contributed by atoms with Gasteiger partial charge in [-0.1, -0.05) is 0 Å². The van der Waals surface area contributed by atoms with Crippen LogP contribution in [-0.2, 0) is 10.2 Å². The summed E-state index contributed by atoms with van der Waals surface area (Å²) < 4.78 is 0. The minimum atomic E-state index is -1.29. The van der Waals surface area contributed by atoms with Crippen LogP contribution in [-0.4, -0.2) is 55.7 Å². The first-order chi connectivity index (χ1) is 8.06. The lowest BCUT2D eigenvalue weighted by molar-refractivity contribution is -0.146. The zero-order chi connectivity index (χ0) is 12.5. The largest absolute Gasteiger partial charge is 0.480 e. The second-order valence-corrected chi connectivity index (χ2v) is 4.05. The van der Waals surface area contributed by atoms with E-state index in [1.165, 1.54) is 6.20 Å². The van der Waals surface area contributed by atoms with Crippen LogP contribution in [0.15, 0.2) is 6.20 Å². The summed E-state index contributed by atoms with van der Waals surface area (Å²) in [6, 6.07) is 0. The molecule has 8 heteroatoms. The maximum atomic E-state index is 11.4. The SMILES string of the molecule is O=C(O)N1CCCC(C(=O)O)(c2cn[nH]n2)C1. The normalized spacial score (nSPS) is 24.6. The van der Waals surface area contributed by atoms with Crippen LogP contribution in [0, 0.1) is 0 Å². The minimum Gasteiger partial charge on any atom is -0.480 e. The predicted molar refractivity (Wildman–Crippen MR) is 54.5 cm³/mol. The molecule has 3 N–H and O–H groups in total. The van der Waals surface area contributed by atoms with E-state index in [1.54, 1.807) is 0 Å². The smallest absolute Gasteiger partial charge is 0.407 e. The molecule has 1 aromatic rings. The van der Waals surface area contributed by atoms with Crippen LogP contribution in [0.1, 0.15) is 18.5 Å². The minimum absolute atomic E-state index is 0.0931. The van der Waals surface area contributed by atoms with Crippen LogP contribution in [0.3, 0.4) is 0 Å². The summed E-state index contributed by atoms with van der Waals surface area (Å²) in [6.07, 6.45) is 1.07. The van der Waals surface area contributed by atoms with Crippen molar-refractivity contribution < 1.29 is 19.8 Å². The monoisotopic (exact) mass is 240 g/mol. The van der Waals surface area contributed by atoms with E-state index < -0.39 is 17.5 Å². The summed E-state index contributed by atoms with van der Waals surface area (Å²) in [5.74, 6) is -1.07. The Bertz CT molecular complexity index is 432. The Morgan fingerprint density at radius 3 is 2.76 bits per heavy atom. The molecule has 0 radical (unpaired) electrons. The standard InChI is InChI=1S/C9H12N4O4/c14-7(15)9(6-4-10-12-11-6)2-1-3-13(5-9)8(16)17/h4H,1-3,5H2,(H,14,15)(H,16,17)(H,10,11,12). The Morgan fingerprint density at radius 1 is 1.47 bits per heavy atom. The molecule has 1 aliphatic rings. The van der Waals surface area contributed by atoms with Crippen LogP contribution >= 0.6 is 0 Å². The number of amides is 1. The van der Waals surface area contributed by atoms with Crippen molar-refractivity contribution in [2.24, 2.45) is 0 Å². The zero-order valence-corrected chi connectivity index (χ0v) is 8.96. The molecule has 1 unspecified atom stereocenters. The van der Waals surface area contributed by atoms with E-state index in [-0.39, 0.29) is 12.2 Å². The van der Waals surface area contributed by atoms with Crippen molar-refractivity contribution in [3.8, 4) is 0 Å². The average molecular weight is 240 g/mol. The van der Waals surface area contributed by atoms with Crippen LogP contribution in [0.5, 0.6) is 0 Å². The fraction of sp³-hybridized carbons (Fsp3) is 0.556. The van der Waals surface area contributed by atoms with Gasteiger partial charge >= 0.3 is 12.1 Å². The highest BCUT2D eigenvalue weighted by Gasteiger charge is 2.47. The van der Waals surface area contributed by atoms with Crippen molar-refractivity contribution in [1.29, 1.82) is 0 Å². The molecule has 8 nitrogen and oxygen atoms in total. The van der Waals surface area contributed by atoms with E-state index in [4.69, 9.17) is 5.11 Å². The van der Waals surface area contributed by atoms with Crippen molar-refractivity contribution >= 4 is 12.1 Å². The van der Waals surface area contributed by atoms with Gasteiger partial charge in [0.25, 0.3) is 0 Å². The van der Waals surface area contributed by atoms with Gasteiger partial charge in [0.15, 0.2) is 0 Å². The van der Waals surface area contributed by atoms with E-state index in [1.807, 2.05) is 0 Å². The first kappa shape index (κ1) is 11.4. The number of carboxylic acids is 1. The number of carbonyl (C=O) groups is 2. The lowest BCUT2D eigenvalue weighted by Gasteiger charge is -2.37. The zero-order valence-electron chi connectivity index (χ0n) is 8.96. The van der Waals surface area contributed by atoms with Gasteiger partial charge < -0.3 is 15.1 Å². The topological polar surface area (TPSA) is 119 Å². The van der Waals surface area contributed by atoms with Gasteiger partial charge in [0.05, 0.1) is 6.20 Å². The van der Waals surface area contributed by atoms with Gasteiger partial charge in [0, 0.05) is 13.1 Å². The van der Waals surface area contributed by atoms with E-state index in [0.29, 0.717) is 19.4 Å². The molecular weight excluding hydrogens is 228 g/mol. The molecule has 0 aliphatic carbocycles. The number of nitrogens with zero attached hydrogens (tertiary/aromatic N) is 3. The summed E-state index contributed by atoms with van der Waals surface area (Å²) in [6.45, 7) is 0.256. The average Bonchev–Trinajstić information content (AvgIpc) is 2.82. The van der Waals surface area contributed by atoms with Crippen LogP contribution in [0.25, 0.3) is 0 Å². The molecule has 0 bridgehead atoms. The number of rotatable bonds is 2. The van der Waals surface area contributed by atoms with Crippen molar-refractivity contribution in [3.63, 3.8) is 0 Å². The number of aliphatic carboxylic acids is 1. The van der Waals surface area contributed by atoms with Crippen LogP contribution in [0.2, 0.25) is 0 Å². The molecule has 2 rings (SSSR count). The van der Waals surface area contributed by atoms with Gasteiger partial charge in [0.1, 0.15) is 11.1 Å². The number of carboxylic acid groups (broad SMARTS) is 2. The number of H-pyrrole nitrogens is 1. The first-order valence-electron chi connectivity index (χ1n) is 5.14. The number of aromatic amines is 1. The van der Waals surface area contributed by atoms with Crippen LogP contribution < -0.4 is 0 Å². The Kier molecular flexibility index (Phi) is 2.70. The Morgan fingerprint density at radius 2 is 2.24 bits per heavy atom. The molecule has 2 heterocycles. The fourth-order valence-electron chi connectivity index (χ4n) is 2.14. The number of likely N-dealkylation sites (tertiary alicyclic amines) is 1. The molecular formula is C9H12N4O4. The quantitative estimate of drug-likeness (QED) is 0.664. The highest BCUT2D eigenvalue weighted by atomic mass is 16.4. The van der Waals surface area contributed by atoms with Crippen molar-refractivity contribution in [2.45, 2.75) is 18.3 Å². The Balaban J connectivity index is 2.35. The van der Waals surface area contributed by atoms with Gasteiger partial charge in [-0.2, -0.15) is 15.4 Å². The van der Waals surface area contributed by atoms with E-state index in [2.05, 4.69) is 15.4 Å². The van der Waals surface area contributed by atoms with E-state index in [0.717, 1.165) is 4.90 Å². The second kappa shape index (κ2) is 4.04. The molecule has 1 atom stereocenters. The molecule has 0 aromatic carbocycles. The number of hydrogen-bond acceptors (Lipinski definition) is 4. The summed E-state index contributed by atoms with van der Waals surface area (Å²) in [7, 11) is 0. The van der Waals surface area contributed by atoms with Crippen molar-refractivity contribution in [2.75, 3.05) is 13.1 Å². The maximum absolute atomic E-state index is 11.4. The maximum Gasteiger partial charge on any atom is 0.407 e. The molecule has 0 spiro atoms. The van der Waals surface area contributed by atoms with Gasteiger partial charge in [-0.05, 0) is 12.8 Å². The highest BCUT2D eigenvalue weighted by molar-refractivity contribution is 5.82. The molecule has 1 aromatic heterocycles. The van der Waals surface area contributed by atoms with E-state index >= 15 is 0 Å². The van der Waals surface area contributed by atoms with Gasteiger partial charge in [-0.25, -0.2) is 4.79 Å². The lowest BCUT2D eigenvalue weighted by atomic mass is 9.77. The molecule has 1 fully saturated rings. The fourth-order valence-corrected chi connectivity index (χ4v) is 2.14. The number of hydrogen-bond donors (Lipinski definition) is 3. The lowest BCUT2D eigenvalue weighted by Crippen LogP contribution is -2.52. The third-order valence-corrected chi connectivity index (χ3v) is 3.08. The van der Waals surface area contributed by atoms with Gasteiger partial charge in [-0.15, -0.1) is 0 Å². The Labute approximate surface area is 96.2 Å². The van der Waals surface area contributed by atoms with Crippen molar-refractivity contribution in [3.05, 3.63) is 11.9 Å². The molecule has 0 saturated carbocycles. The molecule has 92 valence electrons. The summed E-state index contributed by atoms with van der Waals surface area (Å²) >= 11 is 0. The van der Waals surface area contributed by atoms with Gasteiger partial charge in [-0.3, -0.25) is 4.79 Å². The third kappa shape index (κ3) is 1.81. The molecule has 1 amide bonds. The van der Waals surface area contributed by atoms with E-state index in [9.17, 15) is 14.7 Å². The van der Waals surface area contributed by atoms with Crippen LogP contribution in [0.4, 0.5) is 4.79 Å². The number of aromatic nitrogens is 3. The van der Waals surface area contributed by atoms with Gasteiger partial charge in [0.2, 0.25) is 0 Å². The summed E-state index contributed by atoms with van der Waals surface area (Å²) in [4.78, 5) is 23.5.